The second-order valence-corrected chi connectivity index (χ2v) is 6.06. The fourth-order valence-corrected chi connectivity index (χ4v) is 3.53. The first-order valence-corrected chi connectivity index (χ1v) is 7.00. The van der Waals surface area contributed by atoms with Crippen molar-refractivity contribution in [1.82, 2.24) is 5.32 Å². The van der Waals surface area contributed by atoms with Crippen LogP contribution in [-0.2, 0) is 4.74 Å². The summed E-state index contributed by atoms with van der Waals surface area (Å²) in [5, 5.41) is 3.55. The third-order valence-corrected chi connectivity index (χ3v) is 4.34. The summed E-state index contributed by atoms with van der Waals surface area (Å²) in [6, 6.07) is 4.50. The van der Waals surface area contributed by atoms with Crippen LogP contribution in [0.3, 0.4) is 0 Å². The van der Waals surface area contributed by atoms with Crippen LogP contribution < -0.4 is 5.32 Å². The van der Waals surface area contributed by atoms with Gasteiger partial charge in [0.25, 0.3) is 0 Å². The molecule has 0 radical (unpaired) electrons. The van der Waals surface area contributed by atoms with Crippen molar-refractivity contribution >= 4 is 22.9 Å². The van der Waals surface area contributed by atoms with Crippen LogP contribution in [0.15, 0.2) is 12.1 Å². The van der Waals surface area contributed by atoms with Gasteiger partial charge in [0.15, 0.2) is 0 Å². The van der Waals surface area contributed by atoms with Gasteiger partial charge in [-0.1, -0.05) is 18.5 Å². The molecule has 1 aromatic rings. The van der Waals surface area contributed by atoms with Gasteiger partial charge in [-0.15, -0.1) is 11.3 Å². The highest BCUT2D eigenvalue weighted by Crippen LogP contribution is 2.36. The topological polar surface area (TPSA) is 21.3 Å². The van der Waals surface area contributed by atoms with Gasteiger partial charge >= 0.3 is 0 Å². The van der Waals surface area contributed by atoms with Gasteiger partial charge in [-0.3, -0.25) is 0 Å². The lowest BCUT2D eigenvalue weighted by molar-refractivity contribution is 0.117. The molecular weight excluding hydrogens is 242 g/mol. The molecule has 1 aliphatic rings. The van der Waals surface area contributed by atoms with Gasteiger partial charge in [0.05, 0.1) is 17.0 Å². The van der Waals surface area contributed by atoms with E-state index in [1.54, 1.807) is 11.3 Å². The van der Waals surface area contributed by atoms with Crippen molar-refractivity contribution < 1.29 is 4.74 Å². The Balaban J connectivity index is 2.10. The van der Waals surface area contributed by atoms with Gasteiger partial charge < -0.3 is 10.1 Å². The average molecular weight is 260 g/mol. The summed E-state index contributed by atoms with van der Waals surface area (Å²) in [6.07, 6.45) is 1.52. The first kappa shape index (κ1) is 12.4. The summed E-state index contributed by atoms with van der Waals surface area (Å²) in [5.74, 6) is 0.574. The monoisotopic (exact) mass is 259 g/mol. The fourth-order valence-electron chi connectivity index (χ4n) is 2.30. The van der Waals surface area contributed by atoms with Gasteiger partial charge in [0, 0.05) is 16.8 Å². The van der Waals surface area contributed by atoms with E-state index in [2.05, 4.69) is 25.2 Å². The Morgan fingerprint density at radius 1 is 1.62 bits per heavy atom. The molecule has 0 spiro atoms. The van der Waals surface area contributed by atoms with E-state index >= 15 is 0 Å². The molecule has 90 valence electrons. The predicted octanol–water partition coefficient (Wildman–Crippen LogP) is 3.48. The van der Waals surface area contributed by atoms with Crippen LogP contribution >= 0.6 is 22.9 Å². The zero-order valence-corrected chi connectivity index (χ0v) is 11.3. The lowest BCUT2D eigenvalue weighted by atomic mass is 9.95. The molecule has 2 heterocycles. The highest BCUT2D eigenvalue weighted by atomic mass is 35.5. The number of nitrogens with one attached hydrogen (secondary N) is 1. The third-order valence-electron chi connectivity index (χ3n) is 3.03. The van der Waals surface area contributed by atoms with Gasteiger partial charge in [0.2, 0.25) is 0 Å². The zero-order chi connectivity index (χ0) is 11.5. The number of hydrogen-bond donors (Lipinski definition) is 1. The lowest BCUT2D eigenvalue weighted by Crippen LogP contribution is -2.27. The Bertz CT molecular complexity index is 342. The normalized spacial score (nSPS) is 27.2. The Hall–Kier alpha value is -0.0900. The molecule has 16 heavy (non-hydrogen) atoms. The Kier molecular flexibility index (Phi) is 4.25. The van der Waals surface area contributed by atoms with E-state index in [1.165, 1.54) is 4.88 Å². The maximum absolute atomic E-state index is 6.00. The van der Waals surface area contributed by atoms with E-state index in [9.17, 15) is 0 Å². The molecule has 1 aromatic heterocycles. The van der Waals surface area contributed by atoms with Crippen molar-refractivity contribution in [1.29, 1.82) is 0 Å². The van der Waals surface area contributed by atoms with Crippen LogP contribution in [0.4, 0.5) is 0 Å². The quantitative estimate of drug-likeness (QED) is 0.894. The maximum atomic E-state index is 6.00. The molecule has 1 aliphatic heterocycles. The summed E-state index contributed by atoms with van der Waals surface area (Å²) >= 11 is 7.67. The molecule has 0 bridgehead atoms. The average Bonchev–Trinajstić information content (AvgIpc) is 2.84. The summed E-state index contributed by atoms with van der Waals surface area (Å²) in [5.41, 5.74) is 0. The predicted molar refractivity (Wildman–Crippen MR) is 69.3 cm³/mol. The van der Waals surface area contributed by atoms with E-state index < -0.39 is 0 Å². The minimum atomic E-state index is 0.390. The Morgan fingerprint density at radius 2 is 2.44 bits per heavy atom. The molecule has 1 fully saturated rings. The number of rotatable bonds is 4. The molecule has 0 saturated carbocycles. The molecule has 2 rings (SSSR count). The maximum Gasteiger partial charge on any atom is 0.0931 e. The van der Waals surface area contributed by atoms with Crippen molar-refractivity contribution in [2.45, 2.75) is 32.4 Å². The number of ether oxygens (including phenoxy) is 1. The lowest BCUT2D eigenvalue weighted by Gasteiger charge is -2.22. The smallest absolute Gasteiger partial charge is 0.0931 e. The summed E-state index contributed by atoms with van der Waals surface area (Å²) in [6.45, 7) is 6.12. The van der Waals surface area contributed by atoms with Gasteiger partial charge in [-0.25, -0.2) is 0 Å². The summed E-state index contributed by atoms with van der Waals surface area (Å²) < 4.78 is 6.52. The molecule has 3 atom stereocenters. The van der Waals surface area contributed by atoms with Crippen LogP contribution in [0.2, 0.25) is 4.34 Å². The molecule has 1 saturated heterocycles. The van der Waals surface area contributed by atoms with Crippen molar-refractivity contribution in [3.05, 3.63) is 21.3 Å². The summed E-state index contributed by atoms with van der Waals surface area (Å²) in [7, 11) is 0. The highest BCUT2D eigenvalue weighted by Gasteiger charge is 2.30. The molecule has 0 amide bonds. The van der Waals surface area contributed by atoms with E-state index in [4.69, 9.17) is 16.3 Å². The molecule has 4 heteroatoms. The number of halogens is 1. The Morgan fingerprint density at radius 3 is 2.94 bits per heavy atom. The van der Waals surface area contributed by atoms with Crippen LogP contribution in [-0.4, -0.2) is 19.3 Å². The highest BCUT2D eigenvalue weighted by molar-refractivity contribution is 7.16. The molecule has 1 N–H and O–H groups in total. The van der Waals surface area contributed by atoms with E-state index in [-0.39, 0.29) is 0 Å². The number of thiophene rings is 1. The van der Waals surface area contributed by atoms with Crippen molar-refractivity contribution in [3.8, 4) is 0 Å². The molecule has 0 aliphatic carbocycles. The van der Waals surface area contributed by atoms with E-state index in [1.807, 2.05) is 6.07 Å². The first-order chi connectivity index (χ1) is 7.70. The SMILES string of the molecule is CCNC(c1ccc(Cl)s1)C1COC(C)C1. The molecule has 0 aromatic carbocycles. The van der Waals surface area contributed by atoms with Crippen LogP contribution in [0.25, 0.3) is 0 Å². The van der Waals surface area contributed by atoms with Gasteiger partial charge in [0.1, 0.15) is 0 Å². The largest absolute Gasteiger partial charge is 0.378 e. The molecule has 2 nitrogen and oxygen atoms in total. The van der Waals surface area contributed by atoms with E-state index in [0.29, 0.717) is 18.1 Å². The molecular formula is C12H18ClNOS. The van der Waals surface area contributed by atoms with Crippen molar-refractivity contribution in [2.75, 3.05) is 13.2 Å². The first-order valence-electron chi connectivity index (χ1n) is 5.81. The third kappa shape index (κ3) is 2.77. The van der Waals surface area contributed by atoms with Crippen molar-refractivity contribution in [3.63, 3.8) is 0 Å². The van der Waals surface area contributed by atoms with E-state index in [0.717, 1.165) is 23.9 Å². The fraction of sp³-hybridized carbons (Fsp3) is 0.667. The minimum absolute atomic E-state index is 0.390. The van der Waals surface area contributed by atoms with Crippen LogP contribution in [0.5, 0.6) is 0 Å². The molecule has 3 unspecified atom stereocenters. The standard InChI is InChI=1S/C12H18ClNOS/c1-3-14-12(9-6-8(2)15-7-9)10-4-5-11(13)16-10/h4-5,8-9,12,14H,3,6-7H2,1-2H3. The minimum Gasteiger partial charge on any atom is -0.378 e. The van der Waals surface area contributed by atoms with Crippen molar-refractivity contribution in [2.24, 2.45) is 5.92 Å². The Labute approximate surface area is 106 Å². The van der Waals surface area contributed by atoms with Gasteiger partial charge in [-0.05, 0) is 32.0 Å². The number of hydrogen-bond acceptors (Lipinski definition) is 3. The second kappa shape index (κ2) is 5.50. The van der Waals surface area contributed by atoms with Crippen LogP contribution in [0, 0.1) is 5.92 Å². The summed E-state index contributed by atoms with van der Waals surface area (Å²) in [4.78, 5) is 1.33. The second-order valence-electron chi connectivity index (χ2n) is 4.32. The zero-order valence-electron chi connectivity index (χ0n) is 9.70. The van der Waals surface area contributed by atoms with Gasteiger partial charge in [-0.2, -0.15) is 0 Å². The van der Waals surface area contributed by atoms with Crippen LogP contribution in [0.1, 0.15) is 31.2 Å².